The molecule has 0 aromatic heterocycles. The van der Waals surface area contributed by atoms with Gasteiger partial charge in [0, 0.05) is 24.8 Å². The van der Waals surface area contributed by atoms with Crippen molar-refractivity contribution >= 4 is 18.2 Å². The fraction of sp³-hybridized carbons (Fsp3) is 0.286. The molecule has 2 fully saturated rings. The molecule has 1 heterocycles. The van der Waals surface area contributed by atoms with Crippen molar-refractivity contribution in [1.29, 1.82) is 0 Å². The number of hydrogen-bond acceptors (Lipinski definition) is 4. The molecule has 5 heteroatoms. The van der Waals surface area contributed by atoms with Crippen molar-refractivity contribution in [3.8, 4) is 11.1 Å². The van der Waals surface area contributed by atoms with Crippen molar-refractivity contribution in [3.63, 3.8) is 0 Å². The fourth-order valence-corrected chi connectivity index (χ4v) is 4.10. The lowest BCUT2D eigenvalue weighted by atomic mass is 9.93. The number of esters is 1. The molecule has 1 saturated carbocycles. The van der Waals surface area contributed by atoms with Crippen molar-refractivity contribution in [3.05, 3.63) is 60.2 Å². The Bertz CT molecular complexity index is 848. The zero-order chi connectivity index (χ0) is 18.1. The first-order chi connectivity index (χ1) is 12.7. The smallest absolute Gasteiger partial charge is 0.339 e. The quantitative estimate of drug-likeness (QED) is 0.680. The van der Waals surface area contributed by atoms with Crippen LogP contribution < -0.4 is 5.32 Å². The van der Waals surface area contributed by atoms with E-state index in [0.29, 0.717) is 18.4 Å². The van der Waals surface area contributed by atoms with E-state index in [9.17, 15) is 14.4 Å². The summed E-state index contributed by atoms with van der Waals surface area (Å²) in [5.41, 5.74) is 2.21. The minimum atomic E-state index is -0.501. The average Bonchev–Trinajstić information content (AvgIpc) is 3.17. The van der Waals surface area contributed by atoms with Gasteiger partial charge in [-0.1, -0.05) is 48.5 Å². The number of benzene rings is 2. The predicted molar refractivity (Wildman–Crippen MR) is 95.3 cm³/mol. The Morgan fingerprint density at radius 2 is 1.81 bits per heavy atom. The second kappa shape index (κ2) is 6.75. The molecule has 2 aromatic carbocycles. The topological polar surface area (TPSA) is 72.5 Å². The number of aldehydes is 1. The van der Waals surface area contributed by atoms with E-state index in [1.54, 1.807) is 12.1 Å². The van der Waals surface area contributed by atoms with E-state index in [-0.39, 0.29) is 17.9 Å². The fourth-order valence-electron chi connectivity index (χ4n) is 4.10. The highest BCUT2D eigenvalue weighted by Gasteiger charge is 2.50. The van der Waals surface area contributed by atoms with Gasteiger partial charge in [0.05, 0.1) is 11.5 Å². The maximum absolute atomic E-state index is 12.8. The van der Waals surface area contributed by atoms with Crippen molar-refractivity contribution in [1.82, 2.24) is 5.32 Å². The lowest BCUT2D eigenvalue weighted by Crippen LogP contribution is -2.28. The van der Waals surface area contributed by atoms with Crippen LogP contribution in [0.25, 0.3) is 11.1 Å². The van der Waals surface area contributed by atoms with Gasteiger partial charge >= 0.3 is 5.97 Å². The summed E-state index contributed by atoms with van der Waals surface area (Å²) in [4.78, 5) is 35.9. The van der Waals surface area contributed by atoms with Gasteiger partial charge < -0.3 is 14.8 Å². The molecule has 0 spiro atoms. The second-order valence-electron chi connectivity index (χ2n) is 6.85. The standard InChI is InChI=1S/C21H19NO4/c23-12-17-16-10-20(24)22-18(16)11-19(17)26-21(25)15-9-5-4-8-14(15)13-6-2-1-3-7-13/h1-9,12,16-19H,10-11H2,(H,22,24). The zero-order valence-electron chi connectivity index (χ0n) is 14.1. The number of ether oxygens (including phenoxy) is 1. The zero-order valence-corrected chi connectivity index (χ0v) is 14.1. The highest BCUT2D eigenvalue weighted by atomic mass is 16.5. The van der Waals surface area contributed by atoms with Crippen LogP contribution >= 0.6 is 0 Å². The van der Waals surface area contributed by atoms with E-state index < -0.39 is 18.0 Å². The van der Waals surface area contributed by atoms with Gasteiger partial charge in [-0.3, -0.25) is 4.79 Å². The molecular formula is C21H19NO4. The van der Waals surface area contributed by atoms with Crippen LogP contribution in [-0.4, -0.2) is 30.3 Å². The minimum Gasteiger partial charge on any atom is -0.458 e. The highest BCUT2D eigenvalue weighted by Crippen LogP contribution is 2.39. The molecule has 5 nitrogen and oxygen atoms in total. The molecule has 132 valence electrons. The SMILES string of the molecule is O=CC1C(OC(=O)c2ccccc2-c2ccccc2)CC2NC(=O)CC21. The summed E-state index contributed by atoms with van der Waals surface area (Å²) < 4.78 is 5.71. The van der Waals surface area contributed by atoms with Gasteiger partial charge in [-0.2, -0.15) is 0 Å². The van der Waals surface area contributed by atoms with Gasteiger partial charge in [0.1, 0.15) is 12.4 Å². The van der Waals surface area contributed by atoms with Gasteiger partial charge in [0.25, 0.3) is 0 Å². The molecule has 0 radical (unpaired) electrons. The normalized spacial score (nSPS) is 26.8. The Kier molecular flexibility index (Phi) is 4.29. The Labute approximate surface area is 151 Å². The molecule has 1 aliphatic heterocycles. The molecule has 2 aromatic rings. The van der Waals surface area contributed by atoms with E-state index >= 15 is 0 Å². The van der Waals surface area contributed by atoms with Crippen LogP contribution in [0, 0.1) is 11.8 Å². The molecule has 1 saturated heterocycles. The third-order valence-corrected chi connectivity index (χ3v) is 5.34. The Morgan fingerprint density at radius 1 is 1.08 bits per heavy atom. The van der Waals surface area contributed by atoms with E-state index in [1.807, 2.05) is 42.5 Å². The molecule has 1 aliphatic carbocycles. The summed E-state index contributed by atoms with van der Waals surface area (Å²) in [5.74, 6) is -0.993. The van der Waals surface area contributed by atoms with Crippen LogP contribution in [0.3, 0.4) is 0 Å². The monoisotopic (exact) mass is 349 g/mol. The number of fused-ring (bicyclic) bond motifs is 1. The van der Waals surface area contributed by atoms with E-state index in [4.69, 9.17) is 4.74 Å². The molecule has 0 bridgehead atoms. The van der Waals surface area contributed by atoms with Gasteiger partial charge in [0.2, 0.25) is 5.91 Å². The minimum absolute atomic E-state index is 0.0361. The molecule has 4 atom stereocenters. The summed E-state index contributed by atoms with van der Waals surface area (Å²) >= 11 is 0. The largest absolute Gasteiger partial charge is 0.458 e. The van der Waals surface area contributed by atoms with Crippen molar-refractivity contribution in [2.24, 2.45) is 11.8 Å². The highest BCUT2D eigenvalue weighted by molar-refractivity contribution is 5.97. The number of hydrogen-bond donors (Lipinski definition) is 1. The van der Waals surface area contributed by atoms with Crippen LogP contribution in [0.4, 0.5) is 0 Å². The van der Waals surface area contributed by atoms with E-state index in [1.165, 1.54) is 0 Å². The second-order valence-corrected chi connectivity index (χ2v) is 6.85. The van der Waals surface area contributed by atoms with Gasteiger partial charge in [0.15, 0.2) is 0 Å². The maximum Gasteiger partial charge on any atom is 0.339 e. The van der Waals surface area contributed by atoms with Crippen LogP contribution in [0.2, 0.25) is 0 Å². The Balaban J connectivity index is 1.56. The first-order valence-electron chi connectivity index (χ1n) is 8.77. The molecule has 4 rings (SSSR count). The van der Waals surface area contributed by atoms with Crippen LogP contribution in [0.5, 0.6) is 0 Å². The summed E-state index contributed by atoms with van der Waals surface area (Å²) in [7, 11) is 0. The average molecular weight is 349 g/mol. The Hall–Kier alpha value is -2.95. The number of nitrogens with one attached hydrogen (secondary N) is 1. The maximum atomic E-state index is 12.8. The summed E-state index contributed by atoms with van der Waals surface area (Å²) in [6.45, 7) is 0. The van der Waals surface area contributed by atoms with Crippen molar-refractivity contribution in [2.45, 2.75) is 25.0 Å². The van der Waals surface area contributed by atoms with Gasteiger partial charge in [-0.15, -0.1) is 0 Å². The third kappa shape index (κ3) is 2.90. The summed E-state index contributed by atoms with van der Waals surface area (Å²) in [5, 5.41) is 2.87. The lowest BCUT2D eigenvalue weighted by molar-refractivity contribution is -0.120. The molecule has 1 amide bonds. The summed E-state index contributed by atoms with van der Waals surface area (Å²) in [6, 6.07) is 16.8. The Morgan fingerprint density at radius 3 is 2.58 bits per heavy atom. The molecule has 4 unspecified atom stereocenters. The lowest BCUT2D eigenvalue weighted by Gasteiger charge is -2.19. The number of rotatable bonds is 4. The predicted octanol–water partition coefficient (Wildman–Crippen LogP) is 2.60. The van der Waals surface area contributed by atoms with Crippen LogP contribution in [0.15, 0.2) is 54.6 Å². The number of amides is 1. The first-order valence-corrected chi connectivity index (χ1v) is 8.77. The molecule has 26 heavy (non-hydrogen) atoms. The molecule has 2 aliphatic rings. The van der Waals surface area contributed by atoms with E-state index in [2.05, 4.69) is 5.32 Å². The van der Waals surface area contributed by atoms with Crippen molar-refractivity contribution in [2.75, 3.05) is 0 Å². The van der Waals surface area contributed by atoms with Crippen molar-refractivity contribution < 1.29 is 19.1 Å². The first kappa shape index (κ1) is 16.5. The van der Waals surface area contributed by atoms with Gasteiger partial charge in [-0.05, 0) is 17.2 Å². The molecule has 1 N–H and O–H groups in total. The number of carbonyl (C=O) groups is 3. The van der Waals surface area contributed by atoms with E-state index in [0.717, 1.165) is 17.4 Å². The van der Waals surface area contributed by atoms with Gasteiger partial charge in [-0.25, -0.2) is 4.79 Å². The summed E-state index contributed by atoms with van der Waals surface area (Å²) in [6.07, 6.45) is 1.13. The van der Waals surface area contributed by atoms with Crippen LogP contribution in [0.1, 0.15) is 23.2 Å². The number of carbonyl (C=O) groups excluding carboxylic acids is 3. The molecular weight excluding hydrogens is 330 g/mol. The third-order valence-electron chi connectivity index (χ3n) is 5.34. The van der Waals surface area contributed by atoms with Crippen LogP contribution in [-0.2, 0) is 14.3 Å².